The molecule has 3 rings (SSSR count). The average molecular weight is 328 g/mol. The van der Waals surface area contributed by atoms with Gasteiger partial charge < -0.3 is 5.11 Å². The van der Waals surface area contributed by atoms with E-state index in [4.69, 9.17) is 11.6 Å². The van der Waals surface area contributed by atoms with Crippen LogP contribution in [0.2, 0.25) is 5.02 Å². The van der Waals surface area contributed by atoms with Crippen LogP contribution in [0, 0.1) is 5.41 Å². The van der Waals surface area contributed by atoms with Crippen LogP contribution in [0.4, 0.5) is 8.78 Å². The Kier molecular flexibility index (Phi) is 3.49. The molecule has 2 atom stereocenters. The van der Waals surface area contributed by atoms with Gasteiger partial charge in [-0.25, -0.2) is 13.8 Å². The Labute approximate surface area is 131 Å². The topological polar surface area (TPSA) is 50.9 Å². The van der Waals surface area contributed by atoms with Gasteiger partial charge in [0.2, 0.25) is 0 Å². The lowest BCUT2D eigenvalue weighted by molar-refractivity contribution is -0.0897. The van der Waals surface area contributed by atoms with E-state index in [-0.39, 0.29) is 19.4 Å². The van der Waals surface area contributed by atoms with Crippen molar-refractivity contribution in [1.82, 2.24) is 14.8 Å². The molecule has 2 aromatic rings. The lowest BCUT2D eigenvalue weighted by Crippen LogP contribution is -2.47. The van der Waals surface area contributed by atoms with E-state index in [1.54, 1.807) is 24.3 Å². The standard InChI is InChI=1S/C15H16ClF2N3O/c1-13(7-15(13,17)18)14(22,8-21-10-19-9-20-21)6-11-4-2-3-5-12(11)16/h2-5,9-10,22H,6-8H2,1H3. The van der Waals surface area contributed by atoms with Crippen LogP contribution in [0.25, 0.3) is 0 Å². The summed E-state index contributed by atoms with van der Waals surface area (Å²) < 4.78 is 29.1. The van der Waals surface area contributed by atoms with Crippen molar-refractivity contribution in [3.05, 3.63) is 47.5 Å². The number of benzene rings is 1. The number of aliphatic hydroxyl groups is 1. The van der Waals surface area contributed by atoms with Crippen LogP contribution < -0.4 is 0 Å². The lowest BCUT2D eigenvalue weighted by atomic mass is 9.80. The second-order valence-corrected chi connectivity index (χ2v) is 6.51. The van der Waals surface area contributed by atoms with E-state index in [1.165, 1.54) is 24.3 Å². The Morgan fingerprint density at radius 1 is 1.41 bits per heavy atom. The normalized spacial score (nSPS) is 25.7. The number of aromatic nitrogens is 3. The minimum Gasteiger partial charge on any atom is -0.387 e. The zero-order chi connectivity index (χ0) is 16.0. The van der Waals surface area contributed by atoms with Crippen LogP contribution in [0.15, 0.2) is 36.9 Å². The molecular weight excluding hydrogens is 312 g/mol. The number of hydrogen-bond acceptors (Lipinski definition) is 3. The van der Waals surface area contributed by atoms with E-state index >= 15 is 0 Å². The van der Waals surface area contributed by atoms with Gasteiger partial charge in [-0.15, -0.1) is 0 Å². The SMILES string of the molecule is CC1(C(O)(Cc2ccccc2Cl)Cn2cncn2)CC1(F)F. The second kappa shape index (κ2) is 4.99. The Morgan fingerprint density at radius 2 is 2.09 bits per heavy atom. The summed E-state index contributed by atoms with van der Waals surface area (Å²) in [6.45, 7) is 1.34. The number of nitrogens with zero attached hydrogens (tertiary/aromatic N) is 3. The third-order valence-electron chi connectivity index (χ3n) is 4.62. The fourth-order valence-electron chi connectivity index (χ4n) is 2.87. The molecule has 1 aliphatic carbocycles. The minimum atomic E-state index is -2.90. The Hall–Kier alpha value is -1.53. The summed E-state index contributed by atoms with van der Waals surface area (Å²) in [4.78, 5) is 3.80. The third-order valence-corrected chi connectivity index (χ3v) is 4.98. The highest BCUT2D eigenvalue weighted by molar-refractivity contribution is 6.31. The summed E-state index contributed by atoms with van der Waals surface area (Å²) in [6.07, 6.45) is 2.39. The molecule has 0 radical (unpaired) electrons. The smallest absolute Gasteiger partial charge is 0.257 e. The highest BCUT2D eigenvalue weighted by Gasteiger charge is 2.76. The summed E-state index contributed by atoms with van der Waals surface area (Å²) in [5.41, 5.74) is -2.55. The van der Waals surface area contributed by atoms with Crippen LogP contribution >= 0.6 is 11.6 Å². The maximum absolute atomic E-state index is 13.9. The van der Waals surface area contributed by atoms with Crippen molar-refractivity contribution < 1.29 is 13.9 Å². The maximum Gasteiger partial charge on any atom is 0.257 e. The van der Waals surface area contributed by atoms with Crippen molar-refractivity contribution >= 4 is 11.6 Å². The first-order valence-electron chi connectivity index (χ1n) is 6.93. The molecule has 1 aromatic carbocycles. The van der Waals surface area contributed by atoms with Gasteiger partial charge in [0.15, 0.2) is 0 Å². The number of hydrogen-bond donors (Lipinski definition) is 1. The molecule has 1 aliphatic rings. The molecular formula is C15H16ClF2N3O. The van der Waals surface area contributed by atoms with E-state index in [0.29, 0.717) is 10.6 Å². The Morgan fingerprint density at radius 3 is 2.64 bits per heavy atom. The molecule has 7 heteroatoms. The largest absolute Gasteiger partial charge is 0.387 e. The zero-order valence-corrected chi connectivity index (χ0v) is 12.8. The van der Waals surface area contributed by atoms with Crippen LogP contribution in [0.1, 0.15) is 18.9 Å². The van der Waals surface area contributed by atoms with Crippen molar-refractivity contribution in [3.8, 4) is 0 Å². The number of halogens is 3. The van der Waals surface area contributed by atoms with E-state index < -0.39 is 16.9 Å². The van der Waals surface area contributed by atoms with Crippen molar-refractivity contribution in [2.75, 3.05) is 0 Å². The van der Waals surface area contributed by atoms with Gasteiger partial charge in [-0.3, -0.25) is 4.68 Å². The molecule has 0 aliphatic heterocycles. The highest BCUT2D eigenvalue weighted by atomic mass is 35.5. The average Bonchev–Trinajstić information content (AvgIpc) is 2.79. The van der Waals surface area contributed by atoms with Gasteiger partial charge in [0, 0.05) is 17.9 Å². The van der Waals surface area contributed by atoms with Gasteiger partial charge >= 0.3 is 0 Å². The van der Waals surface area contributed by atoms with Crippen molar-refractivity contribution in [3.63, 3.8) is 0 Å². The first kappa shape index (κ1) is 15.4. The molecule has 22 heavy (non-hydrogen) atoms. The summed E-state index contributed by atoms with van der Waals surface area (Å²) in [5, 5.41) is 15.4. The molecule has 1 heterocycles. The van der Waals surface area contributed by atoms with Gasteiger partial charge in [0.05, 0.1) is 17.6 Å². The Balaban J connectivity index is 1.95. The molecule has 4 nitrogen and oxygen atoms in total. The second-order valence-electron chi connectivity index (χ2n) is 6.11. The van der Waals surface area contributed by atoms with Gasteiger partial charge in [-0.1, -0.05) is 36.7 Å². The van der Waals surface area contributed by atoms with Crippen LogP contribution in [0.5, 0.6) is 0 Å². The summed E-state index contributed by atoms with van der Waals surface area (Å²) >= 11 is 6.12. The van der Waals surface area contributed by atoms with Crippen molar-refractivity contribution in [1.29, 1.82) is 0 Å². The molecule has 2 unspecified atom stereocenters. The molecule has 1 saturated carbocycles. The first-order valence-corrected chi connectivity index (χ1v) is 7.31. The first-order chi connectivity index (χ1) is 10.3. The van der Waals surface area contributed by atoms with Gasteiger partial charge in [-0.05, 0) is 11.6 Å². The minimum absolute atomic E-state index is 0.0264. The molecule has 1 aromatic heterocycles. The fraction of sp³-hybridized carbons (Fsp3) is 0.467. The summed E-state index contributed by atoms with van der Waals surface area (Å²) in [5.74, 6) is -2.90. The molecule has 0 bridgehead atoms. The van der Waals surface area contributed by atoms with E-state index in [9.17, 15) is 13.9 Å². The predicted molar refractivity (Wildman–Crippen MR) is 77.8 cm³/mol. The molecule has 0 saturated heterocycles. The number of alkyl halides is 2. The van der Waals surface area contributed by atoms with Gasteiger partial charge in [-0.2, -0.15) is 5.10 Å². The highest BCUT2D eigenvalue weighted by Crippen LogP contribution is 2.66. The third kappa shape index (κ3) is 2.40. The van der Waals surface area contributed by atoms with Crippen LogP contribution in [-0.2, 0) is 13.0 Å². The van der Waals surface area contributed by atoms with Crippen LogP contribution in [0.3, 0.4) is 0 Å². The van der Waals surface area contributed by atoms with Gasteiger partial charge in [0.25, 0.3) is 5.92 Å². The molecule has 0 spiro atoms. The Bertz CT molecular complexity index is 679. The summed E-state index contributed by atoms with van der Waals surface area (Å²) in [7, 11) is 0. The molecule has 0 amide bonds. The van der Waals surface area contributed by atoms with Crippen molar-refractivity contribution in [2.24, 2.45) is 5.41 Å². The summed E-state index contributed by atoms with van der Waals surface area (Å²) in [6, 6.07) is 6.94. The molecule has 1 N–H and O–H groups in total. The quantitative estimate of drug-likeness (QED) is 0.918. The van der Waals surface area contributed by atoms with E-state index in [1.807, 2.05) is 0 Å². The van der Waals surface area contributed by atoms with Crippen LogP contribution in [-0.4, -0.2) is 31.4 Å². The lowest BCUT2D eigenvalue weighted by Gasteiger charge is -2.35. The monoisotopic (exact) mass is 327 g/mol. The van der Waals surface area contributed by atoms with Crippen molar-refractivity contribution in [2.45, 2.75) is 37.8 Å². The predicted octanol–water partition coefficient (Wildman–Crippen LogP) is 2.95. The molecule has 1 fully saturated rings. The van der Waals surface area contributed by atoms with E-state index in [2.05, 4.69) is 10.1 Å². The van der Waals surface area contributed by atoms with E-state index in [0.717, 1.165) is 0 Å². The fourth-order valence-corrected chi connectivity index (χ4v) is 3.07. The maximum atomic E-state index is 13.9. The zero-order valence-electron chi connectivity index (χ0n) is 12.0. The van der Waals surface area contributed by atoms with Gasteiger partial charge in [0.1, 0.15) is 12.7 Å². The number of rotatable bonds is 5. The molecule has 118 valence electrons.